The molecule has 3 N–H and O–H groups in total. The van der Waals surface area contributed by atoms with Crippen molar-refractivity contribution in [3.8, 4) is 0 Å². The van der Waals surface area contributed by atoms with E-state index in [9.17, 15) is 9.90 Å². The van der Waals surface area contributed by atoms with E-state index in [1.165, 1.54) is 11.3 Å². The third kappa shape index (κ3) is 3.19. The number of carbonyl (C=O) groups excluding carboxylic acids is 1. The van der Waals surface area contributed by atoms with Crippen LogP contribution in [-0.2, 0) is 4.79 Å². The molecule has 2 atom stereocenters. The van der Waals surface area contributed by atoms with E-state index in [0.717, 1.165) is 30.8 Å². The summed E-state index contributed by atoms with van der Waals surface area (Å²) in [5.74, 6) is -0.140. The van der Waals surface area contributed by atoms with E-state index >= 15 is 0 Å². The molecule has 17 heavy (non-hydrogen) atoms. The van der Waals surface area contributed by atoms with E-state index in [4.69, 9.17) is 5.73 Å². The number of thiophene rings is 1. The molecule has 1 aromatic rings. The lowest BCUT2D eigenvalue weighted by atomic mass is 10.1. The Bertz CT molecular complexity index is 352. The maximum Gasteiger partial charge on any atom is 0.242 e. The lowest BCUT2D eigenvalue weighted by Crippen LogP contribution is -2.45. The van der Waals surface area contributed by atoms with Gasteiger partial charge >= 0.3 is 0 Å². The van der Waals surface area contributed by atoms with Gasteiger partial charge in [-0.15, -0.1) is 23.7 Å². The first-order valence-corrected chi connectivity index (χ1v) is 6.34. The van der Waals surface area contributed by atoms with Gasteiger partial charge in [-0.3, -0.25) is 4.79 Å². The van der Waals surface area contributed by atoms with Crippen LogP contribution in [0.4, 0.5) is 0 Å². The normalized spacial score (nSPS) is 18.6. The Hall–Kier alpha value is -0.620. The average molecular weight is 277 g/mol. The Kier molecular flexibility index (Phi) is 5.39. The standard InChI is InChI=1S/C11H16N2O2S.ClH/c12-9(10(14)8-4-3-7-16-8)11(15)13-5-1-2-6-13;/h3-4,7,9-10,14H,1-2,5-6,12H2;1H. The van der Waals surface area contributed by atoms with Crippen LogP contribution >= 0.6 is 23.7 Å². The molecule has 2 heterocycles. The van der Waals surface area contributed by atoms with Crippen LogP contribution in [0.5, 0.6) is 0 Å². The molecule has 1 aliphatic rings. The van der Waals surface area contributed by atoms with Crippen LogP contribution in [0.2, 0.25) is 0 Å². The van der Waals surface area contributed by atoms with Crippen molar-refractivity contribution in [2.45, 2.75) is 25.0 Å². The quantitative estimate of drug-likeness (QED) is 0.870. The first-order valence-electron chi connectivity index (χ1n) is 5.46. The largest absolute Gasteiger partial charge is 0.385 e. The minimum Gasteiger partial charge on any atom is -0.385 e. The van der Waals surface area contributed by atoms with Gasteiger partial charge in [0.1, 0.15) is 12.1 Å². The molecule has 2 rings (SSSR count). The summed E-state index contributed by atoms with van der Waals surface area (Å²) < 4.78 is 0. The second kappa shape index (κ2) is 6.35. The van der Waals surface area contributed by atoms with E-state index in [2.05, 4.69) is 0 Å². The number of nitrogens with two attached hydrogens (primary N) is 1. The van der Waals surface area contributed by atoms with Crippen molar-refractivity contribution in [2.24, 2.45) is 5.73 Å². The summed E-state index contributed by atoms with van der Waals surface area (Å²) in [7, 11) is 0. The molecular formula is C11H17ClN2O2S. The monoisotopic (exact) mass is 276 g/mol. The number of hydrogen-bond acceptors (Lipinski definition) is 4. The van der Waals surface area contributed by atoms with Crippen LogP contribution in [0.3, 0.4) is 0 Å². The fourth-order valence-corrected chi connectivity index (χ4v) is 2.68. The van der Waals surface area contributed by atoms with E-state index in [1.807, 2.05) is 11.4 Å². The molecule has 1 aromatic heterocycles. The minimum absolute atomic E-state index is 0. The maximum absolute atomic E-state index is 11.9. The number of rotatable bonds is 3. The van der Waals surface area contributed by atoms with Crippen molar-refractivity contribution in [1.82, 2.24) is 4.90 Å². The molecule has 1 aliphatic heterocycles. The van der Waals surface area contributed by atoms with Gasteiger partial charge in [0.15, 0.2) is 0 Å². The molecule has 0 radical (unpaired) electrons. The molecule has 96 valence electrons. The summed E-state index contributed by atoms with van der Waals surface area (Å²) >= 11 is 1.42. The predicted octanol–water partition coefficient (Wildman–Crippen LogP) is 1.15. The number of aliphatic hydroxyl groups excluding tert-OH is 1. The number of aliphatic hydroxyl groups is 1. The number of carbonyl (C=O) groups is 1. The highest BCUT2D eigenvalue weighted by molar-refractivity contribution is 7.10. The fraction of sp³-hybridized carbons (Fsp3) is 0.545. The molecule has 0 spiro atoms. The van der Waals surface area contributed by atoms with Crippen LogP contribution in [0.1, 0.15) is 23.8 Å². The van der Waals surface area contributed by atoms with Gasteiger partial charge in [0, 0.05) is 18.0 Å². The van der Waals surface area contributed by atoms with Gasteiger partial charge in [-0.05, 0) is 24.3 Å². The summed E-state index contributed by atoms with van der Waals surface area (Å²) in [5, 5.41) is 11.8. The Morgan fingerprint density at radius 2 is 2.12 bits per heavy atom. The van der Waals surface area contributed by atoms with E-state index < -0.39 is 12.1 Å². The molecule has 1 saturated heterocycles. The highest BCUT2D eigenvalue weighted by Crippen LogP contribution is 2.22. The van der Waals surface area contributed by atoms with Gasteiger partial charge < -0.3 is 15.7 Å². The predicted molar refractivity (Wildman–Crippen MR) is 70.3 cm³/mol. The van der Waals surface area contributed by atoms with Crippen molar-refractivity contribution in [3.63, 3.8) is 0 Å². The van der Waals surface area contributed by atoms with E-state index in [1.54, 1.807) is 11.0 Å². The summed E-state index contributed by atoms with van der Waals surface area (Å²) in [6.45, 7) is 1.54. The third-order valence-corrected chi connectivity index (χ3v) is 3.82. The van der Waals surface area contributed by atoms with Crippen LogP contribution in [-0.4, -0.2) is 35.0 Å². The van der Waals surface area contributed by atoms with Gasteiger partial charge in [0.2, 0.25) is 5.91 Å². The molecule has 2 unspecified atom stereocenters. The highest BCUT2D eigenvalue weighted by atomic mass is 35.5. The Morgan fingerprint density at radius 1 is 1.47 bits per heavy atom. The highest BCUT2D eigenvalue weighted by Gasteiger charge is 2.30. The van der Waals surface area contributed by atoms with E-state index in [0.29, 0.717) is 0 Å². The number of hydrogen-bond donors (Lipinski definition) is 2. The molecule has 1 fully saturated rings. The number of halogens is 1. The van der Waals surface area contributed by atoms with Crippen molar-refractivity contribution in [1.29, 1.82) is 0 Å². The lowest BCUT2D eigenvalue weighted by molar-refractivity contribution is -0.134. The molecular weight excluding hydrogens is 260 g/mol. The molecule has 0 bridgehead atoms. The number of likely N-dealkylation sites (tertiary alicyclic amines) is 1. The summed E-state index contributed by atoms with van der Waals surface area (Å²) in [6.07, 6.45) is 1.19. The van der Waals surface area contributed by atoms with Gasteiger partial charge in [-0.2, -0.15) is 0 Å². The molecule has 0 aliphatic carbocycles. The minimum atomic E-state index is -0.881. The van der Waals surface area contributed by atoms with Crippen molar-refractivity contribution in [2.75, 3.05) is 13.1 Å². The Balaban J connectivity index is 0.00000144. The summed E-state index contributed by atoms with van der Waals surface area (Å²) in [5.41, 5.74) is 5.80. The second-order valence-corrected chi connectivity index (χ2v) is 5.00. The van der Waals surface area contributed by atoms with Crippen molar-refractivity contribution in [3.05, 3.63) is 22.4 Å². The van der Waals surface area contributed by atoms with Crippen LogP contribution in [0.25, 0.3) is 0 Å². The topological polar surface area (TPSA) is 66.6 Å². The summed E-state index contributed by atoms with van der Waals surface area (Å²) in [4.78, 5) is 14.4. The zero-order valence-corrected chi connectivity index (χ0v) is 11.0. The van der Waals surface area contributed by atoms with Crippen LogP contribution in [0, 0.1) is 0 Å². The smallest absolute Gasteiger partial charge is 0.242 e. The zero-order valence-electron chi connectivity index (χ0n) is 9.41. The maximum atomic E-state index is 11.9. The van der Waals surface area contributed by atoms with Gasteiger partial charge in [0.25, 0.3) is 0 Å². The number of amides is 1. The van der Waals surface area contributed by atoms with Gasteiger partial charge in [0.05, 0.1) is 0 Å². The fourth-order valence-electron chi connectivity index (χ4n) is 1.92. The Morgan fingerprint density at radius 3 is 2.65 bits per heavy atom. The van der Waals surface area contributed by atoms with Crippen molar-refractivity contribution >= 4 is 29.7 Å². The van der Waals surface area contributed by atoms with Gasteiger partial charge in [-0.25, -0.2) is 0 Å². The van der Waals surface area contributed by atoms with Crippen molar-refractivity contribution < 1.29 is 9.90 Å². The molecule has 1 amide bonds. The van der Waals surface area contributed by atoms with Crippen LogP contribution in [0.15, 0.2) is 17.5 Å². The lowest BCUT2D eigenvalue weighted by Gasteiger charge is -2.23. The first-order chi connectivity index (χ1) is 7.70. The molecule has 0 saturated carbocycles. The van der Waals surface area contributed by atoms with Crippen LogP contribution < -0.4 is 5.73 Å². The van der Waals surface area contributed by atoms with E-state index in [-0.39, 0.29) is 18.3 Å². The van der Waals surface area contributed by atoms with Gasteiger partial charge in [-0.1, -0.05) is 6.07 Å². The molecule has 0 aromatic carbocycles. The average Bonchev–Trinajstić information content (AvgIpc) is 2.97. The third-order valence-electron chi connectivity index (χ3n) is 2.88. The number of nitrogens with zero attached hydrogens (tertiary/aromatic N) is 1. The zero-order chi connectivity index (χ0) is 11.5. The Labute approximate surface area is 111 Å². The summed E-state index contributed by atoms with van der Waals surface area (Å²) in [6, 6.07) is 2.81. The SMILES string of the molecule is Cl.NC(C(=O)N1CCCC1)C(O)c1cccs1. The molecule has 6 heteroatoms. The molecule has 4 nitrogen and oxygen atoms in total. The second-order valence-electron chi connectivity index (χ2n) is 4.02. The first kappa shape index (κ1) is 14.4.